The van der Waals surface area contributed by atoms with Crippen LogP contribution in [0.1, 0.15) is 34.3 Å². The van der Waals surface area contributed by atoms with Gasteiger partial charge in [-0.1, -0.05) is 6.07 Å². The van der Waals surface area contributed by atoms with Gasteiger partial charge >= 0.3 is 0 Å². The van der Waals surface area contributed by atoms with Crippen molar-refractivity contribution in [2.24, 2.45) is 0 Å². The van der Waals surface area contributed by atoms with E-state index in [0.717, 1.165) is 24.0 Å². The maximum absolute atomic E-state index is 13.3. The van der Waals surface area contributed by atoms with Crippen LogP contribution in [0.25, 0.3) is 5.65 Å². The van der Waals surface area contributed by atoms with Crippen molar-refractivity contribution < 1.29 is 14.3 Å². The molecule has 29 heavy (non-hydrogen) atoms. The lowest BCUT2D eigenvalue weighted by Gasteiger charge is -2.23. The quantitative estimate of drug-likeness (QED) is 0.644. The Labute approximate surface area is 168 Å². The van der Waals surface area contributed by atoms with E-state index in [4.69, 9.17) is 9.47 Å². The van der Waals surface area contributed by atoms with Gasteiger partial charge in [-0.2, -0.15) is 0 Å². The zero-order chi connectivity index (χ0) is 20.5. The molecule has 0 N–H and O–H groups in total. The Balaban J connectivity index is 1.72. The Morgan fingerprint density at radius 1 is 1.21 bits per heavy atom. The minimum absolute atomic E-state index is 0.0712. The lowest BCUT2D eigenvalue weighted by atomic mass is 10.1. The number of fused-ring (bicyclic) bond motifs is 1. The van der Waals surface area contributed by atoms with E-state index in [1.807, 2.05) is 31.2 Å². The Morgan fingerprint density at radius 2 is 2.00 bits per heavy atom. The minimum atomic E-state index is -0.355. The number of ether oxygens (including phenoxy) is 2. The lowest BCUT2D eigenvalue weighted by Crippen LogP contribution is -2.37. The average Bonchev–Trinajstić information content (AvgIpc) is 3.57. The maximum Gasteiger partial charge on any atom is 0.270 e. The first-order valence-corrected chi connectivity index (χ1v) is 9.51. The number of hydrogen-bond donors (Lipinski definition) is 0. The van der Waals surface area contributed by atoms with Crippen LogP contribution < -0.4 is 15.0 Å². The first-order valence-electron chi connectivity index (χ1n) is 9.51. The first kappa shape index (κ1) is 19.0. The minimum Gasteiger partial charge on any atom is -0.497 e. The van der Waals surface area contributed by atoms with Crippen LogP contribution in [0.2, 0.25) is 0 Å². The molecule has 2 aromatic heterocycles. The maximum atomic E-state index is 13.3. The van der Waals surface area contributed by atoms with E-state index >= 15 is 0 Å². The molecule has 0 radical (unpaired) electrons. The van der Waals surface area contributed by atoms with Crippen LogP contribution in [-0.2, 0) is 6.54 Å². The summed E-state index contributed by atoms with van der Waals surface area (Å²) in [4.78, 5) is 32.4. The molecule has 1 fully saturated rings. The summed E-state index contributed by atoms with van der Waals surface area (Å²) in [7, 11) is 3.19. The molecule has 2 heterocycles. The van der Waals surface area contributed by atoms with Gasteiger partial charge in [0.1, 0.15) is 22.7 Å². The van der Waals surface area contributed by atoms with Gasteiger partial charge in [-0.05, 0) is 49.6 Å². The average molecular weight is 393 g/mol. The summed E-state index contributed by atoms with van der Waals surface area (Å²) in [5, 5.41) is 0. The molecule has 1 aliphatic rings. The van der Waals surface area contributed by atoms with Crippen molar-refractivity contribution >= 4 is 11.6 Å². The molecule has 0 saturated heterocycles. The van der Waals surface area contributed by atoms with Gasteiger partial charge < -0.3 is 14.4 Å². The molecule has 0 aliphatic heterocycles. The van der Waals surface area contributed by atoms with Crippen molar-refractivity contribution in [1.29, 1.82) is 0 Å². The fourth-order valence-corrected chi connectivity index (χ4v) is 3.43. The van der Waals surface area contributed by atoms with Gasteiger partial charge in [0.25, 0.3) is 11.5 Å². The number of carbonyl (C=O) groups is 1. The van der Waals surface area contributed by atoms with E-state index in [-0.39, 0.29) is 23.1 Å². The van der Waals surface area contributed by atoms with Gasteiger partial charge in [-0.25, -0.2) is 4.98 Å². The van der Waals surface area contributed by atoms with Gasteiger partial charge in [0.15, 0.2) is 0 Å². The highest BCUT2D eigenvalue weighted by molar-refractivity contribution is 5.94. The third-order valence-electron chi connectivity index (χ3n) is 5.16. The molecule has 3 aromatic rings. The molecule has 1 aliphatic carbocycles. The third-order valence-corrected chi connectivity index (χ3v) is 5.16. The highest BCUT2D eigenvalue weighted by Gasteiger charge is 2.35. The Bertz CT molecular complexity index is 1130. The standard InChI is InChI=1S/C22H23N3O4/c1-14-4-9-20-23-11-18(22(27)25(20)12-14)21(26)24(16-5-6-16)13-15-10-17(28-2)7-8-19(15)29-3/h4,7-12,16H,5-6,13H2,1-3H3. The number of aromatic nitrogens is 2. The van der Waals surface area contributed by atoms with Crippen molar-refractivity contribution in [1.82, 2.24) is 14.3 Å². The summed E-state index contributed by atoms with van der Waals surface area (Å²) >= 11 is 0. The number of carbonyl (C=O) groups excluding carboxylic acids is 1. The van der Waals surface area contributed by atoms with Crippen molar-refractivity contribution in [3.63, 3.8) is 0 Å². The van der Waals surface area contributed by atoms with Gasteiger partial charge in [-0.3, -0.25) is 14.0 Å². The second-order valence-electron chi connectivity index (χ2n) is 7.25. The predicted octanol–water partition coefficient (Wildman–Crippen LogP) is 2.82. The predicted molar refractivity (Wildman–Crippen MR) is 109 cm³/mol. The molecule has 150 valence electrons. The van der Waals surface area contributed by atoms with Crippen LogP contribution in [-0.4, -0.2) is 40.5 Å². The van der Waals surface area contributed by atoms with E-state index in [2.05, 4.69) is 4.98 Å². The number of rotatable bonds is 6. The first-order chi connectivity index (χ1) is 14.0. The second kappa shape index (κ2) is 7.58. The van der Waals surface area contributed by atoms with E-state index in [1.165, 1.54) is 10.6 Å². The number of benzene rings is 1. The lowest BCUT2D eigenvalue weighted by molar-refractivity contribution is 0.0726. The normalized spacial score (nSPS) is 13.3. The smallest absolute Gasteiger partial charge is 0.270 e. The molecule has 0 atom stereocenters. The third kappa shape index (κ3) is 3.68. The van der Waals surface area contributed by atoms with Crippen LogP contribution in [0.15, 0.2) is 47.5 Å². The number of pyridine rings is 1. The highest BCUT2D eigenvalue weighted by Crippen LogP contribution is 2.32. The molecule has 1 amide bonds. The highest BCUT2D eigenvalue weighted by atomic mass is 16.5. The summed E-state index contributed by atoms with van der Waals surface area (Å²) in [6.07, 6.45) is 4.92. The Morgan fingerprint density at radius 3 is 2.69 bits per heavy atom. The van der Waals surface area contributed by atoms with Gasteiger partial charge in [0.05, 0.1) is 20.8 Å². The van der Waals surface area contributed by atoms with Gasteiger partial charge in [-0.15, -0.1) is 0 Å². The fraction of sp³-hybridized carbons (Fsp3) is 0.318. The molecule has 4 rings (SSSR count). The Hall–Kier alpha value is -3.35. The zero-order valence-corrected chi connectivity index (χ0v) is 16.7. The largest absolute Gasteiger partial charge is 0.497 e. The number of hydrogen-bond acceptors (Lipinski definition) is 5. The summed E-state index contributed by atoms with van der Waals surface area (Å²) in [5.74, 6) is 1.05. The Kier molecular flexibility index (Phi) is 4.96. The monoisotopic (exact) mass is 393 g/mol. The number of aryl methyl sites for hydroxylation is 1. The molecule has 0 unspecified atom stereocenters. The summed E-state index contributed by atoms with van der Waals surface area (Å²) in [5.41, 5.74) is 1.99. The molecule has 1 saturated carbocycles. The van der Waals surface area contributed by atoms with Crippen molar-refractivity contribution in [2.45, 2.75) is 32.4 Å². The molecule has 7 heteroatoms. The van der Waals surface area contributed by atoms with Crippen molar-refractivity contribution in [2.75, 3.05) is 14.2 Å². The number of methoxy groups -OCH3 is 2. The molecule has 0 bridgehead atoms. The van der Waals surface area contributed by atoms with E-state index < -0.39 is 0 Å². The van der Waals surface area contributed by atoms with Gasteiger partial charge in [0.2, 0.25) is 0 Å². The van der Waals surface area contributed by atoms with E-state index in [0.29, 0.717) is 23.7 Å². The molecular formula is C22H23N3O4. The van der Waals surface area contributed by atoms with Gasteiger partial charge in [0, 0.05) is 24.0 Å². The van der Waals surface area contributed by atoms with Crippen LogP contribution in [0.3, 0.4) is 0 Å². The number of nitrogens with zero attached hydrogens (tertiary/aromatic N) is 3. The molecule has 7 nitrogen and oxygen atoms in total. The topological polar surface area (TPSA) is 73.1 Å². The van der Waals surface area contributed by atoms with E-state index in [1.54, 1.807) is 31.4 Å². The molecule has 1 aromatic carbocycles. The zero-order valence-electron chi connectivity index (χ0n) is 16.7. The molecule has 0 spiro atoms. The molecular weight excluding hydrogens is 370 g/mol. The summed E-state index contributed by atoms with van der Waals surface area (Å²) in [6, 6.07) is 9.25. The second-order valence-corrected chi connectivity index (χ2v) is 7.25. The fourth-order valence-electron chi connectivity index (χ4n) is 3.43. The van der Waals surface area contributed by atoms with Crippen LogP contribution in [0.5, 0.6) is 11.5 Å². The van der Waals surface area contributed by atoms with Crippen LogP contribution in [0, 0.1) is 6.92 Å². The van der Waals surface area contributed by atoms with Crippen LogP contribution >= 0.6 is 0 Å². The summed E-state index contributed by atoms with van der Waals surface area (Å²) in [6.45, 7) is 2.23. The SMILES string of the molecule is COc1ccc(OC)c(CN(C(=O)c2cnc3ccc(C)cn3c2=O)C2CC2)c1. The number of amides is 1. The van der Waals surface area contributed by atoms with Crippen molar-refractivity contribution in [3.8, 4) is 11.5 Å². The van der Waals surface area contributed by atoms with E-state index in [9.17, 15) is 9.59 Å². The van der Waals surface area contributed by atoms with Crippen LogP contribution in [0.4, 0.5) is 0 Å². The summed E-state index contributed by atoms with van der Waals surface area (Å²) < 4.78 is 12.2. The van der Waals surface area contributed by atoms with Crippen molar-refractivity contribution in [3.05, 3.63) is 69.8 Å².